The van der Waals surface area contributed by atoms with E-state index in [0.717, 1.165) is 26.2 Å². The third-order valence-corrected chi connectivity index (χ3v) is 5.84. The number of nitrogens with one attached hydrogen (secondary N) is 1. The Kier molecular flexibility index (Phi) is 7.87. The lowest BCUT2D eigenvalue weighted by atomic mass is 10.2. The van der Waals surface area contributed by atoms with Gasteiger partial charge in [0.2, 0.25) is 10.0 Å². The predicted octanol–water partition coefficient (Wildman–Crippen LogP) is 0.143. The lowest BCUT2D eigenvalue weighted by Crippen LogP contribution is -2.53. The highest BCUT2D eigenvalue weighted by Crippen LogP contribution is 2.14. The van der Waals surface area contributed by atoms with Crippen LogP contribution in [0.4, 0.5) is 0 Å². The second-order valence-electron chi connectivity index (χ2n) is 5.82. The van der Waals surface area contributed by atoms with E-state index in [9.17, 15) is 8.42 Å². The van der Waals surface area contributed by atoms with Crippen LogP contribution in [0.5, 0.6) is 0 Å². The summed E-state index contributed by atoms with van der Waals surface area (Å²) in [4.78, 5) is 2.41. The van der Waals surface area contributed by atoms with E-state index in [1.165, 1.54) is 6.42 Å². The number of halogens is 1. The van der Waals surface area contributed by atoms with Gasteiger partial charge in [-0.2, -0.15) is 4.31 Å². The fourth-order valence-electron chi connectivity index (χ4n) is 2.82. The van der Waals surface area contributed by atoms with Crippen LogP contribution in [0.1, 0.15) is 20.3 Å². The Balaban J connectivity index is 0.00000220. The van der Waals surface area contributed by atoms with Gasteiger partial charge in [-0.15, -0.1) is 12.4 Å². The molecule has 0 bridgehead atoms. The summed E-state index contributed by atoms with van der Waals surface area (Å²) < 4.78 is 31.4. The van der Waals surface area contributed by atoms with Crippen molar-refractivity contribution in [3.8, 4) is 0 Å². The largest absolute Gasteiger partial charge is 0.378 e. The van der Waals surface area contributed by atoms with Gasteiger partial charge in [0, 0.05) is 38.8 Å². The Hall–Kier alpha value is 0.0800. The first-order valence-electron chi connectivity index (χ1n) is 7.53. The average molecular weight is 342 g/mol. The van der Waals surface area contributed by atoms with Crippen molar-refractivity contribution in [2.24, 2.45) is 0 Å². The first kappa shape index (κ1) is 19.1. The van der Waals surface area contributed by atoms with Crippen LogP contribution in [0.3, 0.4) is 0 Å². The maximum absolute atomic E-state index is 12.2. The van der Waals surface area contributed by atoms with Crippen molar-refractivity contribution in [1.82, 2.24) is 14.5 Å². The Morgan fingerprint density at radius 3 is 2.43 bits per heavy atom. The van der Waals surface area contributed by atoms with Crippen LogP contribution < -0.4 is 5.32 Å². The van der Waals surface area contributed by atoms with Crippen LogP contribution in [-0.2, 0) is 14.8 Å². The standard InChI is InChI=1S/C13H27N3O3S.ClH/c1-12(2)19-9-10-20(17,18)16-7-5-15(6-8-16)13-3-4-14-11-13;/h12-14H,3-11H2,1-2H3;1H. The first-order chi connectivity index (χ1) is 9.49. The average Bonchev–Trinajstić information content (AvgIpc) is 2.92. The van der Waals surface area contributed by atoms with Crippen molar-refractivity contribution in [3.63, 3.8) is 0 Å². The van der Waals surface area contributed by atoms with E-state index < -0.39 is 10.0 Å². The van der Waals surface area contributed by atoms with Crippen molar-refractivity contribution in [1.29, 1.82) is 0 Å². The number of piperazine rings is 1. The number of rotatable bonds is 6. The van der Waals surface area contributed by atoms with E-state index in [2.05, 4.69) is 10.2 Å². The summed E-state index contributed by atoms with van der Waals surface area (Å²) >= 11 is 0. The van der Waals surface area contributed by atoms with E-state index in [1.807, 2.05) is 13.8 Å². The molecule has 2 heterocycles. The Morgan fingerprint density at radius 1 is 1.24 bits per heavy atom. The van der Waals surface area contributed by atoms with E-state index in [1.54, 1.807) is 4.31 Å². The highest BCUT2D eigenvalue weighted by molar-refractivity contribution is 7.89. The molecule has 6 nitrogen and oxygen atoms in total. The topological polar surface area (TPSA) is 61.9 Å². The van der Waals surface area contributed by atoms with E-state index in [-0.39, 0.29) is 30.9 Å². The van der Waals surface area contributed by atoms with Crippen LogP contribution in [0.25, 0.3) is 0 Å². The molecule has 0 spiro atoms. The van der Waals surface area contributed by atoms with Gasteiger partial charge in [0.25, 0.3) is 0 Å². The van der Waals surface area contributed by atoms with Crippen LogP contribution in [0.15, 0.2) is 0 Å². The smallest absolute Gasteiger partial charge is 0.216 e. The molecular weight excluding hydrogens is 314 g/mol. The summed E-state index contributed by atoms with van der Waals surface area (Å²) in [6.45, 7) is 9.15. The molecule has 0 amide bonds. The highest BCUT2D eigenvalue weighted by Gasteiger charge is 2.30. The number of ether oxygens (including phenoxy) is 1. The van der Waals surface area contributed by atoms with Gasteiger partial charge in [0.1, 0.15) is 0 Å². The van der Waals surface area contributed by atoms with Gasteiger partial charge >= 0.3 is 0 Å². The zero-order chi connectivity index (χ0) is 14.6. The minimum Gasteiger partial charge on any atom is -0.378 e. The summed E-state index contributed by atoms with van der Waals surface area (Å²) in [7, 11) is -3.16. The zero-order valence-corrected chi connectivity index (χ0v) is 14.6. The van der Waals surface area contributed by atoms with Crippen LogP contribution >= 0.6 is 12.4 Å². The summed E-state index contributed by atoms with van der Waals surface area (Å²) in [5.41, 5.74) is 0. The molecule has 2 aliphatic rings. The third kappa shape index (κ3) is 5.65. The van der Waals surface area contributed by atoms with Gasteiger partial charge < -0.3 is 10.1 Å². The van der Waals surface area contributed by atoms with Gasteiger partial charge in [-0.1, -0.05) is 0 Å². The van der Waals surface area contributed by atoms with Gasteiger partial charge in [0.05, 0.1) is 18.5 Å². The van der Waals surface area contributed by atoms with E-state index in [0.29, 0.717) is 19.1 Å². The van der Waals surface area contributed by atoms with Crippen molar-refractivity contribution < 1.29 is 13.2 Å². The molecule has 0 aliphatic carbocycles. The Labute approximate surface area is 134 Å². The number of hydrogen-bond donors (Lipinski definition) is 1. The molecule has 2 aliphatic heterocycles. The first-order valence-corrected chi connectivity index (χ1v) is 9.14. The molecule has 0 radical (unpaired) electrons. The van der Waals surface area contributed by atoms with Crippen molar-refractivity contribution >= 4 is 22.4 Å². The minimum absolute atomic E-state index is 0. The molecule has 0 aromatic heterocycles. The number of nitrogens with zero attached hydrogens (tertiary/aromatic N) is 2. The van der Waals surface area contributed by atoms with Crippen LogP contribution in [0, 0.1) is 0 Å². The second kappa shape index (κ2) is 8.64. The molecule has 126 valence electrons. The normalized spacial score (nSPS) is 25.2. The molecule has 21 heavy (non-hydrogen) atoms. The molecule has 2 fully saturated rings. The summed E-state index contributed by atoms with van der Waals surface area (Å²) in [5.74, 6) is 0.0934. The molecule has 2 saturated heterocycles. The lowest BCUT2D eigenvalue weighted by Gasteiger charge is -2.37. The highest BCUT2D eigenvalue weighted by atomic mass is 35.5. The number of sulfonamides is 1. The van der Waals surface area contributed by atoms with Crippen molar-refractivity contribution in [3.05, 3.63) is 0 Å². The molecule has 8 heteroatoms. The second-order valence-corrected chi connectivity index (χ2v) is 7.91. The molecule has 1 atom stereocenters. The molecule has 0 saturated carbocycles. The van der Waals surface area contributed by atoms with Crippen LogP contribution in [0.2, 0.25) is 0 Å². The third-order valence-electron chi connectivity index (χ3n) is 4.01. The molecular formula is C13H28ClN3O3S. The lowest BCUT2D eigenvalue weighted by molar-refractivity contribution is 0.0899. The van der Waals surface area contributed by atoms with Gasteiger partial charge in [0.15, 0.2) is 0 Å². The summed E-state index contributed by atoms with van der Waals surface area (Å²) in [5, 5.41) is 3.36. The Bertz CT molecular complexity index is 391. The molecule has 2 rings (SSSR count). The zero-order valence-electron chi connectivity index (χ0n) is 13.0. The molecule has 0 aromatic rings. The Morgan fingerprint density at radius 2 is 1.90 bits per heavy atom. The van der Waals surface area contributed by atoms with E-state index >= 15 is 0 Å². The minimum atomic E-state index is -3.16. The van der Waals surface area contributed by atoms with Gasteiger partial charge in [-0.25, -0.2) is 8.42 Å². The quantitative estimate of drug-likeness (QED) is 0.744. The van der Waals surface area contributed by atoms with E-state index in [4.69, 9.17) is 4.74 Å². The fraction of sp³-hybridized carbons (Fsp3) is 1.00. The monoisotopic (exact) mass is 341 g/mol. The summed E-state index contributed by atoms with van der Waals surface area (Å²) in [6.07, 6.45) is 1.26. The van der Waals surface area contributed by atoms with Crippen molar-refractivity contribution in [2.45, 2.75) is 32.4 Å². The predicted molar refractivity (Wildman–Crippen MR) is 86.5 cm³/mol. The molecule has 1 N–H and O–H groups in total. The van der Waals surface area contributed by atoms with Gasteiger partial charge in [-0.05, 0) is 26.8 Å². The maximum Gasteiger partial charge on any atom is 0.216 e. The fourth-order valence-corrected chi connectivity index (χ4v) is 4.10. The maximum atomic E-state index is 12.2. The van der Waals surface area contributed by atoms with Gasteiger partial charge in [-0.3, -0.25) is 4.90 Å². The van der Waals surface area contributed by atoms with Crippen molar-refractivity contribution in [2.75, 3.05) is 51.6 Å². The number of hydrogen-bond acceptors (Lipinski definition) is 5. The molecule has 0 aromatic carbocycles. The van der Waals surface area contributed by atoms with Crippen LogP contribution in [-0.4, -0.2) is 81.4 Å². The summed E-state index contributed by atoms with van der Waals surface area (Å²) in [6, 6.07) is 0.587. The molecule has 1 unspecified atom stereocenters. The SMILES string of the molecule is CC(C)OCCS(=O)(=O)N1CCN(C2CCNC2)CC1.Cl.